The van der Waals surface area contributed by atoms with E-state index in [0.717, 1.165) is 10.0 Å². The molecule has 0 radical (unpaired) electrons. The van der Waals surface area contributed by atoms with Crippen LogP contribution in [0.1, 0.15) is 5.56 Å². The fraction of sp³-hybridized carbons (Fsp3) is 0.133. The van der Waals surface area contributed by atoms with Crippen molar-refractivity contribution in [3.05, 3.63) is 58.3 Å². The van der Waals surface area contributed by atoms with Crippen molar-refractivity contribution in [3.63, 3.8) is 0 Å². The molecule has 20 heavy (non-hydrogen) atoms. The highest BCUT2D eigenvalue weighted by Gasteiger charge is 2.09. The zero-order valence-electron chi connectivity index (χ0n) is 10.8. The van der Waals surface area contributed by atoms with Crippen molar-refractivity contribution in [2.75, 3.05) is 12.4 Å². The van der Waals surface area contributed by atoms with Crippen molar-refractivity contribution in [1.82, 2.24) is 0 Å². The van der Waals surface area contributed by atoms with Crippen molar-refractivity contribution in [2.24, 2.45) is 0 Å². The zero-order valence-corrected chi connectivity index (χ0v) is 12.4. The molecule has 0 bridgehead atoms. The minimum absolute atomic E-state index is 0.177. The van der Waals surface area contributed by atoms with Crippen LogP contribution in [0.2, 0.25) is 0 Å². The highest BCUT2D eigenvalue weighted by atomic mass is 79.9. The second kappa shape index (κ2) is 6.52. The molecule has 2 aromatic rings. The van der Waals surface area contributed by atoms with Crippen LogP contribution in [-0.2, 0) is 11.2 Å². The molecule has 0 aromatic heterocycles. The van der Waals surface area contributed by atoms with E-state index in [2.05, 4.69) is 21.2 Å². The lowest BCUT2D eigenvalue weighted by Crippen LogP contribution is -2.15. The Kier molecular flexibility index (Phi) is 4.74. The van der Waals surface area contributed by atoms with E-state index < -0.39 is 0 Å². The van der Waals surface area contributed by atoms with Gasteiger partial charge in [0.15, 0.2) is 0 Å². The number of amides is 1. The van der Waals surface area contributed by atoms with Crippen molar-refractivity contribution < 1.29 is 13.9 Å². The summed E-state index contributed by atoms with van der Waals surface area (Å²) in [6.07, 6.45) is 0.177. The largest absolute Gasteiger partial charge is 0.495 e. The number of ether oxygens (including phenoxy) is 1. The third-order valence-corrected chi connectivity index (χ3v) is 3.21. The first-order valence-electron chi connectivity index (χ1n) is 5.96. The topological polar surface area (TPSA) is 38.3 Å². The molecule has 1 N–H and O–H groups in total. The number of halogens is 2. The summed E-state index contributed by atoms with van der Waals surface area (Å²) in [4.78, 5) is 12.0. The molecular weight excluding hydrogens is 325 g/mol. The summed E-state index contributed by atoms with van der Waals surface area (Å²) in [7, 11) is 1.54. The van der Waals surface area contributed by atoms with Gasteiger partial charge < -0.3 is 10.1 Å². The number of anilines is 1. The molecule has 2 aromatic carbocycles. The number of hydrogen-bond donors (Lipinski definition) is 1. The second-order valence-corrected chi connectivity index (χ2v) is 5.11. The van der Waals surface area contributed by atoms with E-state index in [1.54, 1.807) is 31.4 Å². The van der Waals surface area contributed by atoms with E-state index in [0.29, 0.717) is 11.4 Å². The van der Waals surface area contributed by atoms with Gasteiger partial charge in [0.05, 0.1) is 19.2 Å². The van der Waals surface area contributed by atoms with Crippen LogP contribution in [0.4, 0.5) is 10.1 Å². The average molecular weight is 338 g/mol. The van der Waals surface area contributed by atoms with Gasteiger partial charge in [-0.3, -0.25) is 4.79 Å². The first kappa shape index (κ1) is 14.5. The molecule has 0 unspecified atom stereocenters. The number of methoxy groups -OCH3 is 1. The fourth-order valence-corrected chi connectivity index (χ4v) is 2.12. The summed E-state index contributed by atoms with van der Waals surface area (Å²) in [5, 5.41) is 2.78. The zero-order chi connectivity index (χ0) is 14.5. The molecule has 0 heterocycles. The SMILES string of the molecule is COc1ccc(Br)cc1NC(=O)Cc1ccc(F)cc1. The van der Waals surface area contributed by atoms with Crippen LogP contribution >= 0.6 is 15.9 Å². The molecule has 1 amide bonds. The van der Waals surface area contributed by atoms with E-state index in [9.17, 15) is 9.18 Å². The summed E-state index contributed by atoms with van der Waals surface area (Å²) in [5.41, 5.74) is 1.34. The van der Waals surface area contributed by atoms with Gasteiger partial charge in [-0.25, -0.2) is 4.39 Å². The average Bonchev–Trinajstić information content (AvgIpc) is 2.41. The van der Waals surface area contributed by atoms with Gasteiger partial charge in [0.25, 0.3) is 0 Å². The molecule has 5 heteroatoms. The molecule has 0 fully saturated rings. The molecule has 0 saturated carbocycles. The van der Waals surface area contributed by atoms with E-state index in [-0.39, 0.29) is 18.1 Å². The third-order valence-electron chi connectivity index (χ3n) is 2.71. The van der Waals surface area contributed by atoms with E-state index in [1.165, 1.54) is 12.1 Å². The van der Waals surface area contributed by atoms with Gasteiger partial charge >= 0.3 is 0 Å². The maximum absolute atomic E-state index is 12.8. The third kappa shape index (κ3) is 3.81. The number of rotatable bonds is 4. The molecule has 0 atom stereocenters. The van der Waals surface area contributed by atoms with Crippen LogP contribution in [0.3, 0.4) is 0 Å². The number of hydrogen-bond acceptors (Lipinski definition) is 2. The van der Waals surface area contributed by atoms with Gasteiger partial charge in [0.1, 0.15) is 11.6 Å². The fourth-order valence-electron chi connectivity index (χ4n) is 1.76. The van der Waals surface area contributed by atoms with E-state index in [1.807, 2.05) is 6.07 Å². The lowest BCUT2D eigenvalue weighted by Gasteiger charge is -2.10. The van der Waals surface area contributed by atoms with Crippen LogP contribution in [-0.4, -0.2) is 13.0 Å². The molecule has 0 spiro atoms. The predicted octanol–water partition coefficient (Wildman–Crippen LogP) is 3.78. The molecule has 0 saturated heterocycles. The quantitative estimate of drug-likeness (QED) is 0.921. The van der Waals surface area contributed by atoms with Crippen LogP contribution in [0.5, 0.6) is 5.75 Å². The van der Waals surface area contributed by atoms with E-state index in [4.69, 9.17) is 4.74 Å². The van der Waals surface area contributed by atoms with Gasteiger partial charge in [0, 0.05) is 4.47 Å². The Morgan fingerprint density at radius 2 is 1.95 bits per heavy atom. The lowest BCUT2D eigenvalue weighted by atomic mass is 10.1. The number of carbonyl (C=O) groups is 1. The Morgan fingerprint density at radius 3 is 2.60 bits per heavy atom. The minimum atomic E-state index is -0.317. The summed E-state index contributed by atoms with van der Waals surface area (Å²) in [6, 6.07) is 11.2. The Balaban J connectivity index is 2.08. The molecule has 2 rings (SSSR count). The maximum atomic E-state index is 12.8. The second-order valence-electron chi connectivity index (χ2n) is 4.20. The molecule has 0 aliphatic heterocycles. The predicted molar refractivity (Wildman–Crippen MR) is 79.4 cm³/mol. The van der Waals surface area contributed by atoms with E-state index >= 15 is 0 Å². The highest BCUT2D eigenvalue weighted by Crippen LogP contribution is 2.27. The van der Waals surface area contributed by atoms with Gasteiger partial charge in [-0.1, -0.05) is 28.1 Å². The van der Waals surface area contributed by atoms with Gasteiger partial charge in [-0.2, -0.15) is 0 Å². The van der Waals surface area contributed by atoms with Crippen LogP contribution in [0, 0.1) is 5.82 Å². The summed E-state index contributed by atoms with van der Waals surface area (Å²) >= 11 is 3.34. The van der Waals surface area contributed by atoms with Crippen molar-refractivity contribution >= 4 is 27.5 Å². The Bertz CT molecular complexity index is 614. The number of benzene rings is 2. The van der Waals surface area contributed by atoms with Crippen molar-refractivity contribution in [1.29, 1.82) is 0 Å². The highest BCUT2D eigenvalue weighted by molar-refractivity contribution is 9.10. The Labute approximate surface area is 124 Å². The molecule has 0 aliphatic carbocycles. The minimum Gasteiger partial charge on any atom is -0.495 e. The molecule has 104 valence electrons. The van der Waals surface area contributed by atoms with Crippen LogP contribution < -0.4 is 10.1 Å². The number of nitrogens with one attached hydrogen (secondary N) is 1. The van der Waals surface area contributed by atoms with Crippen LogP contribution in [0.15, 0.2) is 46.9 Å². The normalized spacial score (nSPS) is 10.2. The molecule has 3 nitrogen and oxygen atoms in total. The monoisotopic (exact) mass is 337 g/mol. The first-order valence-corrected chi connectivity index (χ1v) is 6.75. The van der Waals surface area contributed by atoms with Crippen molar-refractivity contribution in [3.8, 4) is 5.75 Å². The van der Waals surface area contributed by atoms with Gasteiger partial charge in [0.2, 0.25) is 5.91 Å². The smallest absolute Gasteiger partial charge is 0.228 e. The Hall–Kier alpha value is -1.88. The van der Waals surface area contributed by atoms with Crippen LogP contribution in [0.25, 0.3) is 0 Å². The number of carbonyl (C=O) groups excluding carboxylic acids is 1. The molecule has 0 aliphatic rings. The van der Waals surface area contributed by atoms with Gasteiger partial charge in [-0.15, -0.1) is 0 Å². The summed E-state index contributed by atoms with van der Waals surface area (Å²) < 4.78 is 18.8. The molecular formula is C15H13BrFNO2. The lowest BCUT2D eigenvalue weighted by molar-refractivity contribution is -0.115. The summed E-state index contributed by atoms with van der Waals surface area (Å²) in [5.74, 6) is 0.0801. The van der Waals surface area contributed by atoms with Gasteiger partial charge in [-0.05, 0) is 35.9 Å². The first-order chi connectivity index (χ1) is 9.58. The van der Waals surface area contributed by atoms with Crippen molar-refractivity contribution in [2.45, 2.75) is 6.42 Å². The Morgan fingerprint density at radius 1 is 1.25 bits per heavy atom. The summed E-state index contributed by atoms with van der Waals surface area (Å²) in [6.45, 7) is 0. The maximum Gasteiger partial charge on any atom is 0.228 e. The standard InChI is InChI=1S/C15H13BrFNO2/c1-20-14-7-4-11(16)9-13(14)18-15(19)8-10-2-5-12(17)6-3-10/h2-7,9H,8H2,1H3,(H,18,19).